The largest absolute Gasteiger partial charge is 0.489 e. The number of anilines is 1. The molecule has 1 aromatic carbocycles. The summed E-state index contributed by atoms with van der Waals surface area (Å²) >= 11 is 6.15. The first-order chi connectivity index (χ1) is 16.1. The van der Waals surface area contributed by atoms with Crippen LogP contribution in [0.1, 0.15) is 43.6 Å². The molecule has 1 aromatic heterocycles. The maximum Gasteiger partial charge on any atom is 0.256 e. The van der Waals surface area contributed by atoms with Gasteiger partial charge in [-0.2, -0.15) is 5.26 Å². The SMILES string of the molecule is CC1(C)C(NC(=O)c2cnc(N3CCNCC3)cc2F)C(C)(C)C1Oc1ccc(C#N)c(Cl)c1. The molecule has 2 aliphatic rings. The third kappa shape index (κ3) is 4.30. The molecular formula is C25H29ClFN5O2. The van der Waals surface area contributed by atoms with Crippen molar-refractivity contribution in [3.05, 3.63) is 52.4 Å². The summed E-state index contributed by atoms with van der Waals surface area (Å²) < 4.78 is 21.1. The maximum atomic E-state index is 14.9. The smallest absolute Gasteiger partial charge is 0.256 e. The summed E-state index contributed by atoms with van der Waals surface area (Å²) in [6, 6.07) is 8.05. The first-order valence-corrected chi connectivity index (χ1v) is 11.7. The van der Waals surface area contributed by atoms with Gasteiger partial charge in [-0.15, -0.1) is 0 Å². The van der Waals surface area contributed by atoms with E-state index in [-0.39, 0.29) is 17.7 Å². The van der Waals surface area contributed by atoms with Gasteiger partial charge in [-0.3, -0.25) is 4.79 Å². The summed E-state index contributed by atoms with van der Waals surface area (Å²) in [7, 11) is 0. The summed E-state index contributed by atoms with van der Waals surface area (Å²) in [6.07, 6.45) is 1.07. The summed E-state index contributed by atoms with van der Waals surface area (Å²) in [6.45, 7) is 11.1. The number of ether oxygens (including phenoxy) is 1. The van der Waals surface area contributed by atoms with Gasteiger partial charge in [-0.05, 0) is 12.1 Å². The minimum absolute atomic E-state index is 0.0753. The number of nitriles is 1. The van der Waals surface area contributed by atoms with Gasteiger partial charge >= 0.3 is 0 Å². The third-order valence-corrected chi connectivity index (χ3v) is 7.27. The van der Waals surface area contributed by atoms with Crippen molar-refractivity contribution in [2.24, 2.45) is 10.8 Å². The van der Waals surface area contributed by atoms with E-state index in [0.29, 0.717) is 22.2 Å². The van der Waals surface area contributed by atoms with Gasteiger partial charge in [0, 0.05) is 61.4 Å². The molecule has 2 heterocycles. The van der Waals surface area contributed by atoms with Gasteiger partial charge in [0.05, 0.1) is 16.1 Å². The fraction of sp³-hybridized carbons (Fsp3) is 0.480. The number of carbonyl (C=O) groups is 1. The van der Waals surface area contributed by atoms with Crippen molar-refractivity contribution in [2.45, 2.75) is 39.8 Å². The highest BCUT2D eigenvalue weighted by atomic mass is 35.5. The Bertz CT molecular complexity index is 1120. The van der Waals surface area contributed by atoms with E-state index < -0.39 is 22.6 Å². The van der Waals surface area contributed by atoms with Crippen molar-refractivity contribution in [1.29, 1.82) is 5.26 Å². The van der Waals surface area contributed by atoms with Crippen molar-refractivity contribution < 1.29 is 13.9 Å². The second-order valence-corrected chi connectivity index (χ2v) is 10.5. The molecule has 9 heteroatoms. The number of halogens is 2. The van der Waals surface area contributed by atoms with E-state index in [1.54, 1.807) is 18.2 Å². The Morgan fingerprint density at radius 3 is 2.53 bits per heavy atom. The predicted octanol–water partition coefficient (Wildman–Crippen LogP) is 3.77. The lowest BCUT2D eigenvalue weighted by molar-refractivity contribution is -0.164. The van der Waals surface area contributed by atoms with Crippen LogP contribution in [0.4, 0.5) is 10.2 Å². The Hall–Kier alpha value is -2.89. The fourth-order valence-corrected chi connectivity index (χ4v) is 5.67. The zero-order valence-electron chi connectivity index (χ0n) is 19.8. The lowest BCUT2D eigenvalue weighted by Gasteiger charge is -2.63. The van der Waals surface area contributed by atoms with Crippen LogP contribution in [0.5, 0.6) is 5.75 Å². The van der Waals surface area contributed by atoms with Crippen LogP contribution in [0.15, 0.2) is 30.5 Å². The number of nitrogens with one attached hydrogen (secondary N) is 2. The monoisotopic (exact) mass is 485 g/mol. The molecule has 2 aromatic rings. The number of benzene rings is 1. The number of rotatable bonds is 5. The minimum Gasteiger partial charge on any atom is -0.489 e. The summed E-state index contributed by atoms with van der Waals surface area (Å²) in [4.78, 5) is 19.3. The Morgan fingerprint density at radius 2 is 1.94 bits per heavy atom. The third-order valence-electron chi connectivity index (χ3n) is 6.95. The van der Waals surface area contributed by atoms with Crippen molar-refractivity contribution in [2.75, 3.05) is 31.1 Å². The number of hydrogen-bond acceptors (Lipinski definition) is 6. The molecule has 1 aliphatic carbocycles. The molecule has 0 radical (unpaired) electrons. The predicted molar refractivity (Wildman–Crippen MR) is 129 cm³/mol. The molecule has 180 valence electrons. The highest BCUT2D eigenvalue weighted by Crippen LogP contribution is 2.55. The molecule has 0 bridgehead atoms. The number of nitrogens with zero attached hydrogens (tertiary/aromatic N) is 3. The van der Waals surface area contributed by atoms with E-state index in [9.17, 15) is 9.18 Å². The molecule has 1 saturated carbocycles. The maximum absolute atomic E-state index is 14.9. The zero-order valence-corrected chi connectivity index (χ0v) is 20.5. The van der Waals surface area contributed by atoms with Crippen LogP contribution in [0, 0.1) is 28.0 Å². The Labute approximate surface area is 204 Å². The van der Waals surface area contributed by atoms with E-state index in [1.165, 1.54) is 12.3 Å². The van der Waals surface area contributed by atoms with E-state index >= 15 is 0 Å². The molecule has 1 aliphatic heterocycles. The van der Waals surface area contributed by atoms with Crippen molar-refractivity contribution >= 4 is 23.3 Å². The molecule has 2 N–H and O–H groups in total. The van der Waals surface area contributed by atoms with Gasteiger partial charge < -0.3 is 20.3 Å². The first-order valence-electron chi connectivity index (χ1n) is 11.3. The van der Waals surface area contributed by atoms with Crippen LogP contribution >= 0.6 is 11.6 Å². The number of piperazine rings is 1. The molecule has 34 heavy (non-hydrogen) atoms. The lowest BCUT2D eigenvalue weighted by Crippen LogP contribution is -2.74. The van der Waals surface area contributed by atoms with E-state index in [4.69, 9.17) is 21.6 Å². The Kier molecular flexibility index (Phi) is 6.45. The van der Waals surface area contributed by atoms with Crippen LogP contribution in [0.3, 0.4) is 0 Å². The highest BCUT2D eigenvalue weighted by Gasteiger charge is 2.64. The molecule has 1 amide bonds. The van der Waals surface area contributed by atoms with Gasteiger partial charge in [-0.25, -0.2) is 9.37 Å². The number of carbonyl (C=O) groups excluding carboxylic acids is 1. The summed E-state index contributed by atoms with van der Waals surface area (Å²) in [5.74, 6) is 0.00642. The second-order valence-electron chi connectivity index (χ2n) is 10.1. The number of pyridine rings is 1. The van der Waals surface area contributed by atoms with Gasteiger partial charge in [0.2, 0.25) is 0 Å². The summed E-state index contributed by atoms with van der Waals surface area (Å²) in [5, 5.41) is 15.7. The first kappa shape index (κ1) is 24.2. The van der Waals surface area contributed by atoms with Crippen molar-refractivity contribution in [3.8, 4) is 11.8 Å². The Balaban J connectivity index is 1.47. The molecule has 4 rings (SSSR count). The topological polar surface area (TPSA) is 90.3 Å². The number of hydrogen-bond donors (Lipinski definition) is 2. The molecule has 0 spiro atoms. The van der Waals surface area contributed by atoms with Gasteiger partial charge in [0.15, 0.2) is 0 Å². The molecule has 0 unspecified atom stereocenters. The van der Waals surface area contributed by atoms with Gasteiger partial charge in [-0.1, -0.05) is 39.3 Å². The van der Waals surface area contributed by atoms with Crippen molar-refractivity contribution in [1.82, 2.24) is 15.6 Å². The van der Waals surface area contributed by atoms with Crippen molar-refractivity contribution in [3.63, 3.8) is 0 Å². The zero-order chi connectivity index (χ0) is 24.7. The fourth-order valence-electron chi connectivity index (χ4n) is 5.46. The quantitative estimate of drug-likeness (QED) is 0.670. The average Bonchev–Trinajstić information content (AvgIpc) is 2.81. The molecular weight excluding hydrogens is 457 g/mol. The van der Waals surface area contributed by atoms with Crippen LogP contribution in [-0.2, 0) is 0 Å². The van der Waals surface area contributed by atoms with Crippen LogP contribution in [0.2, 0.25) is 5.02 Å². The van der Waals surface area contributed by atoms with E-state index in [1.807, 2.05) is 38.7 Å². The minimum atomic E-state index is -0.587. The molecule has 1 saturated heterocycles. The molecule has 0 atom stereocenters. The Morgan fingerprint density at radius 1 is 1.26 bits per heavy atom. The van der Waals surface area contributed by atoms with E-state index in [2.05, 4.69) is 15.6 Å². The molecule has 2 fully saturated rings. The number of amides is 1. The number of aromatic nitrogens is 1. The van der Waals surface area contributed by atoms with E-state index in [0.717, 1.165) is 26.2 Å². The summed E-state index contributed by atoms with van der Waals surface area (Å²) in [5.41, 5.74) is -0.576. The standard InChI is InChI=1S/C25H29ClFN5O2/c1-24(2)22(25(3,4)23(24)34-16-6-5-15(13-28)18(26)11-16)31-21(33)17-14-30-20(12-19(17)27)32-9-7-29-8-10-32/h5-6,11-12,14,22-23,29H,7-10H2,1-4H3,(H,31,33). The van der Waals surface area contributed by atoms with Gasteiger partial charge in [0.25, 0.3) is 5.91 Å². The van der Waals surface area contributed by atoms with Crippen LogP contribution < -0.4 is 20.3 Å². The molecule has 7 nitrogen and oxygen atoms in total. The highest BCUT2D eigenvalue weighted by molar-refractivity contribution is 6.31. The normalized spacial score (nSPS) is 22.9. The average molecular weight is 486 g/mol. The lowest BCUT2D eigenvalue weighted by atomic mass is 9.49. The van der Waals surface area contributed by atoms with Crippen LogP contribution in [0.25, 0.3) is 0 Å². The second kappa shape index (κ2) is 9.05. The van der Waals surface area contributed by atoms with Gasteiger partial charge in [0.1, 0.15) is 29.6 Å². The van der Waals surface area contributed by atoms with Crippen LogP contribution in [-0.4, -0.2) is 49.2 Å².